The summed E-state index contributed by atoms with van der Waals surface area (Å²) in [7, 11) is 1.63. The van der Waals surface area contributed by atoms with E-state index in [0.717, 1.165) is 18.8 Å². The second-order valence-corrected chi connectivity index (χ2v) is 6.86. The highest BCUT2D eigenvalue weighted by Crippen LogP contribution is 2.32. The number of ether oxygens (including phenoxy) is 1. The Labute approximate surface area is 127 Å². The van der Waals surface area contributed by atoms with Crippen LogP contribution >= 0.6 is 0 Å². The molecule has 1 saturated heterocycles. The van der Waals surface area contributed by atoms with Crippen LogP contribution in [0.4, 0.5) is 5.69 Å². The van der Waals surface area contributed by atoms with Crippen LogP contribution in [0.3, 0.4) is 0 Å². The highest BCUT2D eigenvalue weighted by Gasteiger charge is 2.29. The van der Waals surface area contributed by atoms with Crippen LogP contribution in [0.15, 0.2) is 18.2 Å². The maximum absolute atomic E-state index is 12.4. The van der Waals surface area contributed by atoms with Crippen LogP contribution in [0.25, 0.3) is 0 Å². The zero-order valence-corrected chi connectivity index (χ0v) is 13.6. The van der Waals surface area contributed by atoms with E-state index in [-0.39, 0.29) is 17.2 Å². The lowest BCUT2D eigenvalue weighted by molar-refractivity contribution is -0.121. The lowest BCUT2D eigenvalue weighted by atomic mass is 9.86. The molecule has 1 fully saturated rings. The van der Waals surface area contributed by atoms with E-state index < -0.39 is 0 Å². The van der Waals surface area contributed by atoms with Gasteiger partial charge in [0.2, 0.25) is 5.91 Å². The first-order valence-corrected chi connectivity index (χ1v) is 7.53. The molecule has 4 nitrogen and oxygen atoms in total. The molecule has 0 aliphatic carbocycles. The summed E-state index contributed by atoms with van der Waals surface area (Å²) in [5, 5.41) is 6.24. The smallest absolute Gasteiger partial charge is 0.227 e. The van der Waals surface area contributed by atoms with Gasteiger partial charge in [0, 0.05) is 5.92 Å². The number of anilines is 1. The van der Waals surface area contributed by atoms with Crippen molar-refractivity contribution in [3.63, 3.8) is 0 Å². The van der Waals surface area contributed by atoms with Gasteiger partial charge in [0.25, 0.3) is 0 Å². The molecule has 1 aromatic carbocycles. The van der Waals surface area contributed by atoms with Gasteiger partial charge in [0.1, 0.15) is 5.75 Å². The van der Waals surface area contributed by atoms with Crippen molar-refractivity contribution >= 4 is 11.6 Å². The minimum atomic E-state index is 0.00856. The van der Waals surface area contributed by atoms with Gasteiger partial charge >= 0.3 is 0 Å². The number of nitrogens with one attached hydrogen (secondary N) is 2. The van der Waals surface area contributed by atoms with E-state index >= 15 is 0 Å². The Balaban J connectivity index is 2.18. The third-order valence-corrected chi connectivity index (χ3v) is 4.26. The summed E-state index contributed by atoms with van der Waals surface area (Å²) in [6, 6.07) is 5.99. The van der Waals surface area contributed by atoms with Gasteiger partial charge in [-0.15, -0.1) is 0 Å². The zero-order chi connectivity index (χ0) is 15.6. The van der Waals surface area contributed by atoms with Crippen LogP contribution in [-0.4, -0.2) is 26.1 Å². The highest BCUT2D eigenvalue weighted by atomic mass is 16.5. The quantitative estimate of drug-likeness (QED) is 0.896. The van der Waals surface area contributed by atoms with Crippen molar-refractivity contribution in [2.24, 2.45) is 11.8 Å². The standard InChI is InChI=1S/C17H26N2O2/c1-11(12-9-18-10-12)16(20)19-14-8-13(17(2,3)4)6-7-15(14)21-5/h6-8,11-12,18H,9-10H2,1-5H3,(H,19,20). The number of carbonyl (C=O) groups excluding carboxylic acids is 1. The Kier molecular flexibility index (Phi) is 4.57. The average Bonchev–Trinajstić information content (AvgIpc) is 2.35. The van der Waals surface area contributed by atoms with Crippen LogP contribution in [-0.2, 0) is 10.2 Å². The van der Waals surface area contributed by atoms with Gasteiger partial charge < -0.3 is 15.4 Å². The van der Waals surface area contributed by atoms with Crippen LogP contribution < -0.4 is 15.4 Å². The maximum atomic E-state index is 12.4. The Morgan fingerprint density at radius 1 is 1.38 bits per heavy atom. The lowest BCUT2D eigenvalue weighted by Crippen LogP contribution is -2.48. The van der Waals surface area contributed by atoms with E-state index in [0.29, 0.717) is 11.7 Å². The Bertz CT molecular complexity index is 516. The molecule has 1 atom stereocenters. The fourth-order valence-electron chi connectivity index (χ4n) is 2.40. The van der Waals surface area contributed by atoms with E-state index in [1.165, 1.54) is 5.56 Å². The predicted molar refractivity (Wildman–Crippen MR) is 85.8 cm³/mol. The molecule has 0 spiro atoms. The third-order valence-electron chi connectivity index (χ3n) is 4.26. The van der Waals surface area contributed by atoms with E-state index in [1.54, 1.807) is 7.11 Å². The molecule has 2 N–H and O–H groups in total. The second kappa shape index (κ2) is 6.06. The molecule has 1 unspecified atom stereocenters. The summed E-state index contributed by atoms with van der Waals surface area (Å²) in [6.07, 6.45) is 0. The fraction of sp³-hybridized carbons (Fsp3) is 0.588. The molecule has 0 aromatic heterocycles. The molecule has 21 heavy (non-hydrogen) atoms. The first kappa shape index (κ1) is 15.8. The maximum Gasteiger partial charge on any atom is 0.227 e. The molecule has 1 heterocycles. The van der Waals surface area contributed by atoms with Gasteiger partial charge in [-0.2, -0.15) is 0 Å². The van der Waals surface area contributed by atoms with Gasteiger partial charge in [-0.3, -0.25) is 4.79 Å². The van der Waals surface area contributed by atoms with Gasteiger partial charge in [0.15, 0.2) is 0 Å². The van der Waals surface area contributed by atoms with Crippen LogP contribution in [0.5, 0.6) is 5.75 Å². The summed E-state index contributed by atoms with van der Waals surface area (Å²) < 4.78 is 5.37. The highest BCUT2D eigenvalue weighted by molar-refractivity contribution is 5.94. The molecule has 1 amide bonds. The van der Waals surface area contributed by atoms with Crippen molar-refractivity contribution in [1.29, 1.82) is 0 Å². The predicted octanol–water partition coefficient (Wildman–Crippen LogP) is 2.79. The number of hydrogen-bond donors (Lipinski definition) is 2. The number of rotatable bonds is 4. The van der Waals surface area contributed by atoms with E-state index in [2.05, 4.69) is 31.4 Å². The van der Waals surface area contributed by atoms with Crippen LogP contribution in [0.1, 0.15) is 33.3 Å². The molecular weight excluding hydrogens is 264 g/mol. The molecule has 116 valence electrons. The minimum Gasteiger partial charge on any atom is -0.495 e. The van der Waals surface area contributed by atoms with Gasteiger partial charge in [-0.25, -0.2) is 0 Å². The normalized spacial score (nSPS) is 17.0. The zero-order valence-electron chi connectivity index (χ0n) is 13.6. The van der Waals surface area contributed by atoms with Crippen molar-refractivity contribution in [3.05, 3.63) is 23.8 Å². The molecule has 0 bridgehead atoms. The Morgan fingerprint density at radius 3 is 2.52 bits per heavy atom. The van der Waals surface area contributed by atoms with Crippen molar-refractivity contribution in [3.8, 4) is 5.75 Å². The molecule has 0 saturated carbocycles. The Hall–Kier alpha value is -1.55. The molecule has 4 heteroatoms. The summed E-state index contributed by atoms with van der Waals surface area (Å²) in [6.45, 7) is 10.3. The minimum absolute atomic E-state index is 0.00856. The van der Waals surface area contributed by atoms with Gasteiger partial charge in [-0.1, -0.05) is 33.8 Å². The van der Waals surface area contributed by atoms with Crippen molar-refractivity contribution in [2.45, 2.75) is 33.1 Å². The molecular formula is C17H26N2O2. The first-order chi connectivity index (χ1) is 9.82. The van der Waals surface area contributed by atoms with Crippen LogP contribution in [0, 0.1) is 11.8 Å². The number of benzene rings is 1. The third kappa shape index (κ3) is 3.56. The number of hydrogen-bond acceptors (Lipinski definition) is 3. The summed E-state index contributed by atoms with van der Waals surface area (Å²) in [4.78, 5) is 12.4. The van der Waals surface area contributed by atoms with Crippen molar-refractivity contribution < 1.29 is 9.53 Å². The second-order valence-electron chi connectivity index (χ2n) is 6.86. The molecule has 1 aliphatic rings. The van der Waals surface area contributed by atoms with Crippen LogP contribution in [0.2, 0.25) is 0 Å². The molecule has 1 aliphatic heterocycles. The van der Waals surface area contributed by atoms with E-state index in [4.69, 9.17) is 4.74 Å². The SMILES string of the molecule is COc1ccc(C(C)(C)C)cc1NC(=O)C(C)C1CNC1. The average molecular weight is 290 g/mol. The Morgan fingerprint density at radius 2 is 2.05 bits per heavy atom. The molecule has 2 rings (SSSR count). The summed E-state index contributed by atoms with van der Waals surface area (Å²) >= 11 is 0. The summed E-state index contributed by atoms with van der Waals surface area (Å²) in [5.41, 5.74) is 1.97. The lowest BCUT2D eigenvalue weighted by Gasteiger charge is -2.32. The van der Waals surface area contributed by atoms with Crippen molar-refractivity contribution in [1.82, 2.24) is 5.32 Å². The first-order valence-electron chi connectivity index (χ1n) is 7.53. The largest absolute Gasteiger partial charge is 0.495 e. The topological polar surface area (TPSA) is 50.4 Å². The van der Waals surface area contributed by atoms with E-state index in [9.17, 15) is 4.79 Å². The van der Waals surface area contributed by atoms with Gasteiger partial charge in [-0.05, 0) is 42.1 Å². The summed E-state index contributed by atoms with van der Waals surface area (Å²) in [5.74, 6) is 1.21. The number of methoxy groups -OCH3 is 1. The van der Waals surface area contributed by atoms with E-state index in [1.807, 2.05) is 25.1 Å². The molecule has 1 aromatic rings. The molecule has 0 radical (unpaired) electrons. The number of amides is 1. The fourth-order valence-corrected chi connectivity index (χ4v) is 2.40. The van der Waals surface area contributed by atoms with Crippen molar-refractivity contribution in [2.75, 3.05) is 25.5 Å². The van der Waals surface area contributed by atoms with Gasteiger partial charge in [0.05, 0.1) is 12.8 Å². The monoisotopic (exact) mass is 290 g/mol. The number of carbonyl (C=O) groups is 1.